The first-order chi connectivity index (χ1) is 11.2. The van der Waals surface area contributed by atoms with Gasteiger partial charge in [-0.2, -0.15) is 0 Å². The van der Waals surface area contributed by atoms with Crippen molar-refractivity contribution in [3.05, 3.63) is 54.4 Å². The summed E-state index contributed by atoms with van der Waals surface area (Å²) in [6, 6.07) is 12.8. The highest BCUT2D eigenvalue weighted by molar-refractivity contribution is 5.93. The average molecular weight is 313 g/mol. The summed E-state index contributed by atoms with van der Waals surface area (Å²) < 4.78 is 5.61. The number of likely N-dealkylation sites (tertiary alicyclic amines) is 1. The van der Waals surface area contributed by atoms with Crippen molar-refractivity contribution in [3.8, 4) is 5.75 Å². The molecule has 1 atom stereocenters. The van der Waals surface area contributed by atoms with Gasteiger partial charge in [-0.05, 0) is 24.3 Å². The Kier molecular flexibility index (Phi) is 4.61. The third kappa shape index (κ3) is 3.91. The number of nitrogens with zero attached hydrogens (tertiary/aromatic N) is 1. The molecule has 0 spiro atoms. The third-order valence-electron chi connectivity index (χ3n) is 3.77. The van der Waals surface area contributed by atoms with E-state index in [9.17, 15) is 9.59 Å². The van der Waals surface area contributed by atoms with Gasteiger partial charge in [-0.15, -0.1) is 0 Å². The maximum atomic E-state index is 12.0. The fourth-order valence-electron chi connectivity index (χ4n) is 2.61. The summed E-state index contributed by atoms with van der Waals surface area (Å²) >= 11 is 0. The Hall–Kier alpha value is -2.76. The molecule has 1 aliphatic heterocycles. The van der Waals surface area contributed by atoms with Crippen molar-refractivity contribution in [2.24, 2.45) is 0 Å². The van der Waals surface area contributed by atoms with Crippen LogP contribution in [0.25, 0.3) is 0 Å². The Bertz CT molecular complexity index is 655. The summed E-state index contributed by atoms with van der Waals surface area (Å²) in [7, 11) is 0. The first-order valence-electron chi connectivity index (χ1n) is 7.62. The minimum Gasteiger partial charge on any atom is -0.492 e. The lowest BCUT2D eigenvalue weighted by atomic mass is 10.2. The highest BCUT2D eigenvalue weighted by atomic mass is 16.5. The number of amides is 2. The van der Waals surface area contributed by atoms with Gasteiger partial charge in [-0.3, -0.25) is 9.59 Å². The molecule has 0 saturated carbocycles. The van der Waals surface area contributed by atoms with Gasteiger partial charge >= 0.3 is 0 Å². The van der Waals surface area contributed by atoms with Gasteiger partial charge in [-0.25, -0.2) is 0 Å². The highest BCUT2D eigenvalue weighted by Crippen LogP contribution is 2.13. The molecule has 23 heavy (non-hydrogen) atoms. The molecular weight excluding hydrogens is 294 g/mol. The van der Waals surface area contributed by atoms with E-state index in [0.717, 1.165) is 5.75 Å². The monoisotopic (exact) mass is 313 g/mol. The van der Waals surface area contributed by atoms with Crippen molar-refractivity contribution in [1.29, 1.82) is 0 Å². The zero-order valence-corrected chi connectivity index (χ0v) is 12.7. The number of aromatic nitrogens is 1. The smallest absolute Gasteiger partial charge is 0.267 e. The van der Waals surface area contributed by atoms with E-state index in [4.69, 9.17) is 4.74 Å². The van der Waals surface area contributed by atoms with E-state index in [-0.39, 0.29) is 17.9 Å². The number of carbonyl (C=O) groups excluding carboxylic acids is 2. The molecule has 2 heterocycles. The van der Waals surface area contributed by atoms with Crippen LogP contribution in [0.15, 0.2) is 48.7 Å². The third-order valence-corrected chi connectivity index (χ3v) is 3.77. The summed E-state index contributed by atoms with van der Waals surface area (Å²) in [5.74, 6) is 0.643. The standard InChI is InChI=1S/C17H19N3O3/c21-16-11-13(19-17(22)15-7-4-8-18-15)12-20(16)9-10-23-14-5-2-1-3-6-14/h1-8,13,18H,9-12H2,(H,19,22)/t13-/m1/s1. The largest absolute Gasteiger partial charge is 0.492 e. The molecule has 2 amide bonds. The number of para-hydroxylation sites is 1. The summed E-state index contributed by atoms with van der Waals surface area (Å²) in [5.41, 5.74) is 0.503. The summed E-state index contributed by atoms with van der Waals surface area (Å²) in [4.78, 5) is 28.6. The van der Waals surface area contributed by atoms with Crippen molar-refractivity contribution >= 4 is 11.8 Å². The van der Waals surface area contributed by atoms with E-state index < -0.39 is 0 Å². The number of benzene rings is 1. The minimum atomic E-state index is -0.185. The molecular formula is C17H19N3O3. The molecule has 0 bridgehead atoms. The maximum Gasteiger partial charge on any atom is 0.267 e. The van der Waals surface area contributed by atoms with Gasteiger partial charge in [0.25, 0.3) is 5.91 Å². The van der Waals surface area contributed by atoms with Crippen LogP contribution in [0.1, 0.15) is 16.9 Å². The lowest BCUT2D eigenvalue weighted by Gasteiger charge is -2.17. The van der Waals surface area contributed by atoms with Gasteiger partial charge in [0.1, 0.15) is 18.1 Å². The van der Waals surface area contributed by atoms with Crippen molar-refractivity contribution in [3.63, 3.8) is 0 Å². The Labute approximate surface area is 134 Å². The number of ether oxygens (including phenoxy) is 1. The van der Waals surface area contributed by atoms with Crippen LogP contribution in [0.3, 0.4) is 0 Å². The molecule has 1 saturated heterocycles. The molecule has 1 aromatic heterocycles. The fraction of sp³-hybridized carbons (Fsp3) is 0.294. The molecule has 1 aromatic carbocycles. The van der Waals surface area contributed by atoms with Gasteiger partial charge in [0.2, 0.25) is 5.91 Å². The van der Waals surface area contributed by atoms with Gasteiger partial charge in [0, 0.05) is 19.2 Å². The Balaban J connectivity index is 1.45. The number of hydrogen-bond acceptors (Lipinski definition) is 3. The molecule has 1 fully saturated rings. The first-order valence-corrected chi connectivity index (χ1v) is 7.62. The molecule has 1 aliphatic rings. The highest BCUT2D eigenvalue weighted by Gasteiger charge is 2.30. The van der Waals surface area contributed by atoms with Gasteiger partial charge in [0.15, 0.2) is 0 Å². The number of rotatable bonds is 6. The average Bonchev–Trinajstić information content (AvgIpc) is 3.19. The second-order valence-electron chi connectivity index (χ2n) is 5.46. The van der Waals surface area contributed by atoms with Crippen LogP contribution in [0.5, 0.6) is 5.75 Å². The van der Waals surface area contributed by atoms with Crippen molar-refractivity contribution in [2.45, 2.75) is 12.5 Å². The van der Waals surface area contributed by atoms with E-state index in [1.807, 2.05) is 30.3 Å². The topological polar surface area (TPSA) is 74.4 Å². The van der Waals surface area contributed by atoms with Gasteiger partial charge in [-0.1, -0.05) is 18.2 Å². The van der Waals surface area contributed by atoms with E-state index in [0.29, 0.717) is 31.8 Å². The van der Waals surface area contributed by atoms with Gasteiger partial charge < -0.3 is 19.9 Å². The zero-order valence-electron chi connectivity index (χ0n) is 12.7. The molecule has 6 heteroatoms. The Morgan fingerprint density at radius 2 is 2.09 bits per heavy atom. The van der Waals surface area contributed by atoms with Crippen LogP contribution in [0.2, 0.25) is 0 Å². The molecule has 3 rings (SSSR count). The van der Waals surface area contributed by atoms with Crippen LogP contribution in [-0.4, -0.2) is 47.4 Å². The number of carbonyl (C=O) groups is 2. The summed E-state index contributed by atoms with van der Waals surface area (Å²) in [6.07, 6.45) is 2.03. The number of nitrogens with one attached hydrogen (secondary N) is 2. The Morgan fingerprint density at radius 1 is 1.26 bits per heavy atom. The lowest BCUT2D eigenvalue weighted by molar-refractivity contribution is -0.128. The molecule has 2 aromatic rings. The minimum absolute atomic E-state index is 0.0402. The van der Waals surface area contributed by atoms with Crippen LogP contribution in [0, 0.1) is 0 Å². The molecule has 0 unspecified atom stereocenters. The SMILES string of the molecule is O=C(N[C@@H]1CC(=O)N(CCOc2ccccc2)C1)c1ccc[nH]1. The second kappa shape index (κ2) is 7.00. The number of H-pyrrole nitrogens is 1. The van der Waals surface area contributed by atoms with Crippen LogP contribution in [0.4, 0.5) is 0 Å². The summed E-state index contributed by atoms with van der Waals surface area (Å²) in [5, 5.41) is 2.88. The normalized spacial score (nSPS) is 17.3. The second-order valence-corrected chi connectivity index (χ2v) is 5.46. The quantitative estimate of drug-likeness (QED) is 0.847. The number of hydrogen-bond donors (Lipinski definition) is 2. The van der Waals surface area contributed by atoms with Crippen molar-refractivity contribution < 1.29 is 14.3 Å². The fourth-order valence-corrected chi connectivity index (χ4v) is 2.61. The van der Waals surface area contributed by atoms with E-state index >= 15 is 0 Å². The first kappa shape index (κ1) is 15.1. The molecule has 6 nitrogen and oxygen atoms in total. The van der Waals surface area contributed by atoms with E-state index in [2.05, 4.69) is 10.3 Å². The van der Waals surface area contributed by atoms with Gasteiger partial charge in [0.05, 0.1) is 12.6 Å². The van der Waals surface area contributed by atoms with E-state index in [1.54, 1.807) is 23.2 Å². The van der Waals surface area contributed by atoms with Crippen LogP contribution >= 0.6 is 0 Å². The molecule has 2 N–H and O–H groups in total. The lowest BCUT2D eigenvalue weighted by Crippen LogP contribution is -2.38. The molecule has 120 valence electrons. The van der Waals surface area contributed by atoms with E-state index in [1.165, 1.54) is 0 Å². The van der Waals surface area contributed by atoms with Crippen LogP contribution in [-0.2, 0) is 4.79 Å². The number of aromatic amines is 1. The predicted molar refractivity (Wildman–Crippen MR) is 85.2 cm³/mol. The predicted octanol–water partition coefficient (Wildman–Crippen LogP) is 1.42. The Morgan fingerprint density at radius 3 is 2.83 bits per heavy atom. The van der Waals surface area contributed by atoms with Crippen LogP contribution < -0.4 is 10.1 Å². The maximum absolute atomic E-state index is 12.0. The summed E-state index contributed by atoms with van der Waals surface area (Å²) in [6.45, 7) is 1.47. The molecule has 0 radical (unpaired) electrons. The van der Waals surface area contributed by atoms with Crippen molar-refractivity contribution in [2.75, 3.05) is 19.7 Å². The molecule has 0 aliphatic carbocycles. The zero-order chi connectivity index (χ0) is 16.1. The van der Waals surface area contributed by atoms with Crippen molar-refractivity contribution in [1.82, 2.24) is 15.2 Å².